The highest BCUT2D eigenvalue weighted by Crippen LogP contribution is 2.21. The van der Waals surface area contributed by atoms with Crippen LogP contribution in [0.1, 0.15) is 16.8 Å². The van der Waals surface area contributed by atoms with Crippen molar-refractivity contribution in [3.8, 4) is 11.8 Å². The van der Waals surface area contributed by atoms with Gasteiger partial charge in [-0.3, -0.25) is 0 Å². The number of hydrogen-bond donors (Lipinski definition) is 0. The number of rotatable bonds is 3. The van der Waals surface area contributed by atoms with Gasteiger partial charge in [0.2, 0.25) is 0 Å². The number of nitrogens with zero attached hydrogens (tertiary/aromatic N) is 2. The molecule has 0 saturated carbocycles. The van der Waals surface area contributed by atoms with Crippen LogP contribution in [0.5, 0.6) is 0 Å². The summed E-state index contributed by atoms with van der Waals surface area (Å²) in [5.74, 6) is 0. The summed E-state index contributed by atoms with van der Waals surface area (Å²) in [6, 6.07) is 21.8. The second kappa shape index (κ2) is 6.56. The van der Waals surface area contributed by atoms with Crippen molar-refractivity contribution >= 4 is 23.3 Å². The zero-order valence-electron chi connectivity index (χ0n) is 12.7. The van der Waals surface area contributed by atoms with Gasteiger partial charge in [0.15, 0.2) is 0 Å². The lowest BCUT2D eigenvalue weighted by Crippen LogP contribution is -1.94. The zero-order chi connectivity index (χ0) is 16.2. The monoisotopic (exact) mass is 318 g/mol. The third-order valence-electron chi connectivity index (χ3n) is 3.66. The first kappa shape index (κ1) is 15.1. The molecule has 2 nitrogen and oxygen atoms in total. The third-order valence-corrected chi connectivity index (χ3v) is 3.91. The molecular weight excluding hydrogens is 304 g/mol. The molecule has 0 unspecified atom stereocenters. The Labute approximate surface area is 140 Å². The fraction of sp³-hybridized carbons (Fsp3) is 0.0500. The van der Waals surface area contributed by atoms with Crippen LogP contribution in [0.25, 0.3) is 17.3 Å². The van der Waals surface area contributed by atoms with E-state index in [1.54, 1.807) is 0 Å². The van der Waals surface area contributed by atoms with Crippen molar-refractivity contribution < 1.29 is 0 Å². The zero-order valence-corrected chi connectivity index (χ0v) is 13.5. The molecule has 0 N–H and O–H groups in total. The number of allylic oxidation sites excluding steroid dienone is 1. The summed E-state index contributed by atoms with van der Waals surface area (Å²) in [6.07, 6.45) is 3.87. The molecule has 23 heavy (non-hydrogen) atoms. The van der Waals surface area contributed by atoms with Gasteiger partial charge in [-0.1, -0.05) is 41.4 Å². The Hall–Kier alpha value is -2.76. The van der Waals surface area contributed by atoms with E-state index in [4.69, 9.17) is 11.6 Å². The number of aryl methyl sites for hydroxylation is 1. The number of benzene rings is 2. The highest BCUT2D eigenvalue weighted by atomic mass is 35.5. The Balaban J connectivity index is 2.02. The molecule has 0 aliphatic carbocycles. The van der Waals surface area contributed by atoms with E-state index in [-0.39, 0.29) is 0 Å². The number of aromatic nitrogens is 1. The molecular formula is C20H15ClN2. The molecule has 3 heteroatoms. The van der Waals surface area contributed by atoms with E-state index in [1.807, 2.05) is 84.4 Å². The molecule has 0 aliphatic rings. The molecule has 0 atom stereocenters. The lowest BCUT2D eigenvalue weighted by atomic mass is 10.0. The highest BCUT2D eigenvalue weighted by Gasteiger charge is 2.05. The first-order valence-corrected chi connectivity index (χ1v) is 7.67. The van der Waals surface area contributed by atoms with E-state index in [0.29, 0.717) is 10.6 Å². The molecule has 2 aromatic carbocycles. The third kappa shape index (κ3) is 3.36. The van der Waals surface area contributed by atoms with Crippen LogP contribution in [0.3, 0.4) is 0 Å². The Bertz CT molecular complexity index is 879. The van der Waals surface area contributed by atoms with Crippen molar-refractivity contribution in [1.29, 1.82) is 5.26 Å². The Kier molecular flexibility index (Phi) is 4.32. The van der Waals surface area contributed by atoms with Crippen molar-refractivity contribution in [2.24, 2.45) is 0 Å². The normalized spacial score (nSPS) is 11.3. The first-order chi connectivity index (χ1) is 11.2. The van der Waals surface area contributed by atoms with E-state index < -0.39 is 0 Å². The van der Waals surface area contributed by atoms with Gasteiger partial charge in [-0.05, 0) is 55.0 Å². The van der Waals surface area contributed by atoms with E-state index in [1.165, 1.54) is 5.56 Å². The maximum Gasteiger partial charge on any atom is 0.0998 e. The minimum absolute atomic E-state index is 0.638. The minimum Gasteiger partial charge on any atom is -0.317 e. The van der Waals surface area contributed by atoms with E-state index in [0.717, 1.165) is 16.9 Å². The van der Waals surface area contributed by atoms with Crippen LogP contribution in [-0.2, 0) is 0 Å². The molecule has 3 aromatic rings. The second-order valence-electron chi connectivity index (χ2n) is 5.32. The summed E-state index contributed by atoms with van der Waals surface area (Å²) in [4.78, 5) is 0. The predicted molar refractivity (Wildman–Crippen MR) is 95.4 cm³/mol. The van der Waals surface area contributed by atoms with Crippen molar-refractivity contribution in [2.75, 3.05) is 0 Å². The first-order valence-electron chi connectivity index (χ1n) is 7.29. The topological polar surface area (TPSA) is 28.7 Å². The fourth-order valence-corrected chi connectivity index (χ4v) is 2.54. The molecule has 0 bridgehead atoms. The molecule has 3 rings (SSSR count). The molecule has 0 radical (unpaired) electrons. The molecule has 0 fully saturated rings. The SMILES string of the molecule is Cc1ccc(/C(C#N)=C\c2cccn2-c2ccc(Cl)cc2)cc1. The van der Waals surface area contributed by atoms with Gasteiger partial charge in [0.05, 0.1) is 11.6 Å². The number of halogens is 1. The van der Waals surface area contributed by atoms with Gasteiger partial charge in [-0.2, -0.15) is 5.26 Å². The maximum absolute atomic E-state index is 9.50. The van der Waals surface area contributed by atoms with Crippen LogP contribution in [0.4, 0.5) is 0 Å². The van der Waals surface area contributed by atoms with Gasteiger partial charge in [0.1, 0.15) is 0 Å². The molecule has 0 aliphatic heterocycles. The average Bonchev–Trinajstić information content (AvgIpc) is 3.02. The average molecular weight is 319 g/mol. The standard InChI is InChI=1S/C20H15ClN2/c1-15-4-6-16(7-5-15)17(14-22)13-20-3-2-12-23(20)19-10-8-18(21)9-11-19/h2-13H,1H3/b17-13-. The Morgan fingerprint density at radius 3 is 2.39 bits per heavy atom. The van der Waals surface area contributed by atoms with Crippen LogP contribution in [-0.4, -0.2) is 4.57 Å². The smallest absolute Gasteiger partial charge is 0.0998 e. The summed E-state index contributed by atoms with van der Waals surface area (Å²) < 4.78 is 2.03. The molecule has 112 valence electrons. The number of hydrogen-bond acceptors (Lipinski definition) is 1. The van der Waals surface area contributed by atoms with E-state index in [2.05, 4.69) is 6.07 Å². The van der Waals surface area contributed by atoms with Crippen LogP contribution < -0.4 is 0 Å². The van der Waals surface area contributed by atoms with Gasteiger partial charge >= 0.3 is 0 Å². The van der Waals surface area contributed by atoms with Crippen molar-refractivity contribution in [2.45, 2.75) is 6.92 Å². The van der Waals surface area contributed by atoms with Crippen molar-refractivity contribution in [3.05, 3.63) is 88.7 Å². The minimum atomic E-state index is 0.638. The summed E-state index contributed by atoms with van der Waals surface area (Å²) >= 11 is 5.95. The molecule has 0 spiro atoms. The highest BCUT2D eigenvalue weighted by molar-refractivity contribution is 6.30. The summed E-state index contributed by atoms with van der Waals surface area (Å²) in [5, 5.41) is 10.2. The summed E-state index contributed by atoms with van der Waals surface area (Å²) in [6.45, 7) is 2.03. The summed E-state index contributed by atoms with van der Waals surface area (Å²) in [5.41, 5.74) is 4.69. The van der Waals surface area contributed by atoms with Crippen LogP contribution in [0.2, 0.25) is 5.02 Å². The van der Waals surface area contributed by atoms with Crippen LogP contribution in [0.15, 0.2) is 66.9 Å². The van der Waals surface area contributed by atoms with Crippen LogP contribution >= 0.6 is 11.6 Å². The largest absolute Gasteiger partial charge is 0.317 e. The number of nitriles is 1. The van der Waals surface area contributed by atoms with Crippen LogP contribution in [0, 0.1) is 18.3 Å². The van der Waals surface area contributed by atoms with Gasteiger partial charge in [0.25, 0.3) is 0 Å². The second-order valence-corrected chi connectivity index (χ2v) is 5.75. The molecule has 1 heterocycles. The maximum atomic E-state index is 9.50. The van der Waals surface area contributed by atoms with E-state index in [9.17, 15) is 5.26 Å². The molecule has 0 saturated heterocycles. The van der Waals surface area contributed by atoms with Gasteiger partial charge in [-0.25, -0.2) is 0 Å². The van der Waals surface area contributed by atoms with Gasteiger partial charge in [0, 0.05) is 22.6 Å². The van der Waals surface area contributed by atoms with E-state index >= 15 is 0 Å². The van der Waals surface area contributed by atoms with Gasteiger partial charge < -0.3 is 4.57 Å². The molecule has 1 aromatic heterocycles. The fourth-order valence-electron chi connectivity index (χ4n) is 2.41. The Morgan fingerprint density at radius 1 is 1.04 bits per heavy atom. The molecule has 0 amide bonds. The Morgan fingerprint density at radius 2 is 1.74 bits per heavy atom. The van der Waals surface area contributed by atoms with Crippen molar-refractivity contribution in [1.82, 2.24) is 4.57 Å². The lowest BCUT2D eigenvalue weighted by Gasteiger charge is -2.07. The quantitative estimate of drug-likeness (QED) is 0.586. The summed E-state index contributed by atoms with van der Waals surface area (Å²) in [7, 11) is 0. The van der Waals surface area contributed by atoms with Crippen molar-refractivity contribution in [3.63, 3.8) is 0 Å². The van der Waals surface area contributed by atoms with Gasteiger partial charge in [-0.15, -0.1) is 0 Å². The lowest BCUT2D eigenvalue weighted by molar-refractivity contribution is 1.06. The predicted octanol–water partition coefficient (Wildman–Crippen LogP) is 5.50.